The van der Waals surface area contributed by atoms with Crippen LogP contribution in [-0.4, -0.2) is 17.3 Å². The standard InChI is InChI=1S/C21H17NO2/c23-21(24)19-13-11-16(12-14-19)15-22-20(17-7-3-1-4-8-17)18-9-5-2-6-10-18/h1-15,20H,(H,23,24)/b22-15+. The van der Waals surface area contributed by atoms with E-state index in [-0.39, 0.29) is 11.6 Å². The summed E-state index contributed by atoms with van der Waals surface area (Å²) in [4.78, 5) is 15.7. The molecule has 0 aliphatic heterocycles. The Bertz CT molecular complexity index is 785. The Morgan fingerprint density at radius 1 is 0.792 bits per heavy atom. The van der Waals surface area contributed by atoms with Gasteiger partial charge >= 0.3 is 5.97 Å². The first-order valence-corrected chi connectivity index (χ1v) is 7.70. The van der Waals surface area contributed by atoms with Crippen molar-refractivity contribution in [1.82, 2.24) is 0 Å². The third-order valence-electron chi connectivity index (χ3n) is 3.76. The third-order valence-corrected chi connectivity index (χ3v) is 3.76. The third kappa shape index (κ3) is 3.76. The van der Waals surface area contributed by atoms with Gasteiger partial charge in [0, 0.05) is 6.21 Å². The molecule has 3 aromatic carbocycles. The van der Waals surface area contributed by atoms with Gasteiger partial charge in [-0.25, -0.2) is 4.79 Å². The first kappa shape index (κ1) is 15.7. The molecule has 0 aliphatic carbocycles. The molecule has 0 saturated carbocycles. The summed E-state index contributed by atoms with van der Waals surface area (Å²) in [6.45, 7) is 0. The van der Waals surface area contributed by atoms with Crippen LogP contribution in [0, 0.1) is 0 Å². The average molecular weight is 315 g/mol. The van der Waals surface area contributed by atoms with Crippen LogP contribution in [0.2, 0.25) is 0 Å². The van der Waals surface area contributed by atoms with E-state index in [0.29, 0.717) is 0 Å². The van der Waals surface area contributed by atoms with E-state index in [1.807, 2.05) is 36.4 Å². The number of carbonyl (C=O) groups is 1. The zero-order chi connectivity index (χ0) is 16.8. The number of rotatable bonds is 5. The summed E-state index contributed by atoms with van der Waals surface area (Å²) >= 11 is 0. The zero-order valence-corrected chi connectivity index (χ0v) is 13.0. The zero-order valence-electron chi connectivity index (χ0n) is 13.0. The molecule has 1 N–H and O–H groups in total. The quantitative estimate of drug-likeness (QED) is 0.700. The van der Waals surface area contributed by atoms with E-state index in [4.69, 9.17) is 10.1 Å². The number of hydrogen-bond donors (Lipinski definition) is 1. The Morgan fingerprint density at radius 2 is 1.29 bits per heavy atom. The second-order valence-electron chi connectivity index (χ2n) is 5.43. The highest BCUT2D eigenvalue weighted by Gasteiger charge is 2.11. The molecule has 0 bridgehead atoms. The van der Waals surface area contributed by atoms with Gasteiger partial charge in [-0.2, -0.15) is 0 Å². The topological polar surface area (TPSA) is 49.7 Å². The van der Waals surface area contributed by atoms with Gasteiger partial charge in [-0.3, -0.25) is 4.99 Å². The highest BCUT2D eigenvalue weighted by molar-refractivity contribution is 5.89. The summed E-state index contributed by atoms with van der Waals surface area (Å²) < 4.78 is 0. The van der Waals surface area contributed by atoms with E-state index in [1.54, 1.807) is 30.5 Å². The summed E-state index contributed by atoms with van der Waals surface area (Å²) in [6.07, 6.45) is 1.79. The summed E-state index contributed by atoms with van der Waals surface area (Å²) in [6, 6.07) is 26.8. The summed E-state index contributed by atoms with van der Waals surface area (Å²) in [7, 11) is 0. The van der Waals surface area contributed by atoms with Crippen molar-refractivity contribution in [2.45, 2.75) is 6.04 Å². The molecule has 0 fully saturated rings. The number of benzene rings is 3. The Morgan fingerprint density at radius 3 is 1.75 bits per heavy atom. The van der Waals surface area contributed by atoms with Crippen LogP contribution in [0.15, 0.2) is 89.9 Å². The summed E-state index contributed by atoms with van der Waals surface area (Å²) in [5, 5.41) is 8.96. The molecule has 0 saturated heterocycles. The molecule has 0 atom stereocenters. The van der Waals surface area contributed by atoms with E-state index in [9.17, 15) is 4.79 Å². The maximum Gasteiger partial charge on any atom is 0.335 e. The molecule has 3 rings (SSSR count). The fraction of sp³-hybridized carbons (Fsp3) is 0.0476. The van der Waals surface area contributed by atoms with Gasteiger partial charge in [0.05, 0.1) is 11.6 Å². The van der Waals surface area contributed by atoms with E-state index < -0.39 is 5.97 Å². The number of carboxylic acids is 1. The van der Waals surface area contributed by atoms with Gasteiger partial charge in [0.2, 0.25) is 0 Å². The Balaban J connectivity index is 1.90. The van der Waals surface area contributed by atoms with Crippen LogP contribution in [0.1, 0.15) is 33.1 Å². The second kappa shape index (κ2) is 7.38. The van der Waals surface area contributed by atoms with Crippen LogP contribution in [0.5, 0.6) is 0 Å². The van der Waals surface area contributed by atoms with Gasteiger partial charge in [0.1, 0.15) is 0 Å². The fourth-order valence-electron chi connectivity index (χ4n) is 2.51. The normalized spacial score (nSPS) is 11.0. The van der Waals surface area contributed by atoms with Crippen molar-refractivity contribution in [2.24, 2.45) is 4.99 Å². The van der Waals surface area contributed by atoms with Gasteiger partial charge in [0.25, 0.3) is 0 Å². The lowest BCUT2D eigenvalue weighted by Gasteiger charge is -2.13. The number of aromatic carboxylic acids is 1. The van der Waals surface area contributed by atoms with Gasteiger partial charge in [-0.1, -0.05) is 72.8 Å². The van der Waals surface area contributed by atoms with Crippen molar-refractivity contribution >= 4 is 12.2 Å². The van der Waals surface area contributed by atoms with Crippen molar-refractivity contribution in [3.8, 4) is 0 Å². The largest absolute Gasteiger partial charge is 0.478 e. The monoisotopic (exact) mass is 315 g/mol. The molecule has 24 heavy (non-hydrogen) atoms. The Labute approximate surface area is 140 Å². The van der Waals surface area contributed by atoms with E-state index >= 15 is 0 Å². The van der Waals surface area contributed by atoms with Crippen LogP contribution >= 0.6 is 0 Å². The van der Waals surface area contributed by atoms with Crippen LogP contribution < -0.4 is 0 Å². The minimum absolute atomic E-state index is 0.0912. The van der Waals surface area contributed by atoms with Gasteiger partial charge < -0.3 is 5.11 Å². The van der Waals surface area contributed by atoms with E-state index in [2.05, 4.69) is 24.3 Å². The predicted octanol–water partition coefficient (Wildman–Crippen LogP) is 4.59. The second-order valence-corrected chi connectivity index (χ2v) is 5.43. The SMILES string of the molecule is O=C(O)c1ccc(/C=N/C(c2ccccc2)c2ccccc2)cc1. The lowest BCUT2D eigenvalue weighted by molar-refractivity contribution is 0.0697. The van der Waals surface area contributed by atoms with E-state index in [1.165, 1.54) is 0 Å². The van der Waals surface area contributed by atoms with Gasteiger partial charge in [-0.05, 0) is 28.8 Å². The molecule has 3 nitrogen and oxygen atoms in total. The minimum atomic E-state index is -0.926. The van der Waals surface area contributed by atoms with Gasteiger partial charge in [0.15, 0.2) is 0 Å². The molecule has 0 radical (unpaired) electrons. The predicted molar refractivity (Wildman–Crippen MR) is 95.7 cm³/mol. The molecule has 0 aliphatic rings. The summed E-state index contributed by atoms with van der Waals surface area (Å²) in [5.74, 6) is -0.926. The molecule has 3 heteroatoms. The van der Waals surface area contributed by atoms with Gasteiger partial charge in [-0.15, -0.1) is 0 Å². The first-order chi connectivity index (χ1) is 11.7. The van der Waals surface area contributed by atoms with Crippen molar-refractivity contribution in [3.05, 3.63) is 107 Å². The Hall–Kier alpha value is -3.20. The van der Waals surface area contributed by atoms with Crippen molar-refractivity contribution in [2.75, 3.05) is 0 Å². The molecular weight excluding hydrogens is 298 g/mol. The number of hydrogen-bond acceptors (Lipinski definition) is 2. The van der Waals surface area contributed by atoms with Crippen LogP contribution in [0.4, 0.5) is 0 Å². The smallest absolute Gasteiger partial charge is 0.335 e. The lowest BCUT2D eigenvalue weighted by Crippen LogP contribution is -1.99. The molecule has 0 spiro atoms. The number of carboxylic acid groups (broad SMARTS) is 1. The first-order valence-electron chi connectivity index (χ1n) is 7.70. The maximum absolute atomic E-state index is 10.9. The number of nitrogens with zero attached hydrogens (tertiary/aromatic N) is 1. The average Bonchev–Trinajstić information content (AvgIpc) is 2.64. The highest BCUT2D eigenvalue weighted by Crippen LogP contribution is 2.25. The number of aliphatic imine (C=N–C) groups is 1. The van der Waals surface area contributed by atoms with Crippen molar-refractivity contribution in [3.63, 3.8) is 0 Å². The van der Waals surface area contributed by atoms with Crippen molar-refractivity contribution in [1.29, 1.82) is 0 Å². The maximum atomic E-state index is 10.9. The minimum Gasteiger partial charge on any atom is -0.478 e. The molecule has 118 valence electrons. The molecule has 0 unspecified atom stereocenters. The molecule has 0 amide bonds. The molecule has 3 aromatic rings. The van der Waals surface area contributed by atoms with Crippen LogP contribution in [-0.2, 0) is 0 Å². The van der Waals surface area contributed by atoms with Crippen LogP contribution in [0.3, 0.4) is 0 Å². The lowest BCUT2D eigenvalue weighted by atomic mass is 9.99. The highest BCUT2D eigenvalue weighted by atomic mass is 16.4. The van der Waals surface area contributed by atoms with Crippen LogP contribution in [0.25, 0.3) is 0 Å². The Kier molecular flexibility index (Phi) is 4.82. The molecule has 0 aromatic heterocycles. The molecule has 0 heterocycles. The van der Waals surface area contributed by atoms with E-state index in [0.717, 1.165) is 16.7 Å². The fourth-order valence-corrected chi connectivity index (χ4v) is 2.51. The summed E-state index contributed by atoms with van der Waals surface area (Å²) in [5.41, 5.74) is 3.37. The molecular formula is C21H17NO2. The van der Waals surface area contributed by atoms with Crippen molar-refractivity contribution < 1.29 is 9.90 Å².